The van der Waals surface area contributed by atoms with E-state index in [1.54, 1.807) is 6.20 Å². The van der Waals surface area contributed by atoms with Gasteiger partial charge in [0, 0.05) is 24.6 Å². The molecule has 8 heteroatoms. The van der Waals surface area contributed by atoms with Crippen LogP contribution in [0.4, 0.5) is 4.79 Å². The van der Waals surface area contributed by atoms with Crippen LogP contribution in [-0.2, 0) is 9.57 Å². The average molecular weight is 269 g/mol. The van der Waals surface area contributed by atoms with Crippen molar-refractivity contribution in [2.45, 2.75) is 31.3 Å². The van der Waals surface area contributed by atoms with Gasteiger partial charge in [-0.1, -0.05) is 5.16 Å². The number of hydrogen-bond donors (Lipinski definition) is 3. The second-order valence-electron chi connectivity index (χ2n) is 4.63. The molecule has 3 N–H and O–H groups in total. The van der Waals surface area contributed by atoms with E-state index in [-0.39, 0.29) is 19.1 Å². The fourth-order valence-corrected chi connectivity index (χ4v) is 2.33. The van der Waals surface area contributed by atoms with Gasteiger partial charge in [-0.15, -0.1) is 0 Å². The van der Waals surface area contributed by atoms with E-state index in [1.165, 1.54) is 4.90 Å². The normalized spacial score (nSPS) is 34.1. The molecule has 2 amide bonds. The molecule has 3 aliphatic rings. The van der Waals surface area contributed by atoms with Gasteiger partial charge in [0.05, 0.1) is 12.7 Å². The predicted octanol–water partition coefficient (Wildman–Crippen LogP) is -0.903. The Morgan fingerprint density at radius 3 is 3.16 bits per heavy atom. The molecule has 1 fully saturated rings. The molecule has 0 radical (unpaired) electrons. The molecule has 104 valence electrons. The van der Waals surface area contributed by atoms with Crippen LogP contribution >= 0.6 is 0 Å². The summed E-state index contributed by atoms with van der Waals surface area (Å²) in [6.07, 6.45) is 0.577. The molecule has 19 heavy (non-hydrogen) atoms. The highest BCUT2D eigenvalue weighted by molar-refractivity contribution is 6.09. The van der Waals surface area contributed by atoms with Crippen molar-refractivity contribution in [1.82, 2.24) is 10.2 Å². The highest BCUT2D eigenvalue weighted by Gasteiger charge is 2.40. The summed E-state index contributed by atoms with van der Waals surface area (Å²) >= 11 is 0. The number of oxime groups is 1. The molecule has 0 aromatic rings. The van der Waals surface area contributed by atoms with Gasteiger partial charge in [0.15, 0.2) is 5.84 Å². The van der Waals surface area contributed by atoms with E-state index in [2.05, 4.69) is 10.5 Å². The van der Waals surface area contributed by atoms with Gasteiger partial charge in [-0.25, -0.2) is 4.79 Å². The lowest BCUT2D eigenvalue weighted by molar-refractivity contribution is -0.0536. The van der Waals surface area contributed by atoms with Crippen LogP contribution in [0.3, 0.4) is 0 Å². The van der Waals surface area contributed by atoms with E-state index in [0.29, 0.717) is 18.9 Å². The standard InChI is InChI=1S/C11H15N3O5/c15-5-8-7(16)3-9(19-8)14-4-6-1-2-18-13-10(6)12-11(14)17/h4,7-9,15-16H,1-3,5H2,(H,12,13,17)/t7-,8?,9?/m1/s1. The minimum atomic E-state index is -0.772. The number of amidine groups is 1. The fourth-order valence-electron chi connectivity index (χ4n) is 2.33. The maximum Gasteiger partial charge on any atom is 0.329 e. The van der Waals surface area contributed by atoms with Gasteiger partial charge in [0.2, 0.25) is 0 Å². The van der Waals surface area contributed by atoms with Crippen LogP contribution in [0.1, 0.15) is 12.8 Å². The maximum absolute atomic E-state index is 11.9. The van der Waals surface area contributed by atoms with Crippen LogP contribution in [0.15, 0.2) is 16.9 Å². The molecule has 2 unspecified atom stereocenters. The molecule has 3 atom stereocenters. The van der Waals surface area contributed by atoms with Gasteiger partial charge in [-0.3, -0.25) is 10.2 Å². The van der Waals surface area contributed by atoms with Crippen LogP contribution in [-0.4, -0.2) is 58.6 Å². The molecule has 0 aromatic heterocycles. The van der Waals surface area contributed by atoms with E-state index in [0.717, 1.165) is 5.57 Å². The first-order valence-electron chi connectivity index (χ1n) is 6.14. The highest BCUT2D eigenvalue weighted by Crippen LogP contribution is 2.26. The second-order valence-corrected chi connectivity index (χ2v) is 4.63. The molecule has 0 aliphatic carbocycles. The summed E-state index contributed by atoms with van der Waals surface area (Å²) in [5.74, 6) is 0.421. The monoisotopic (exact) mass is 269 g/mol. The number of amides is 2. The Labute approximate surface area is 109 Å². The molecule has 0 aromatic carbocycles. The predicted molar refractivity (Wildman–Crippen MR) is 62.8 cm³/mol. The topological polar surface area (TPSA) is 104 Å². The van der Waals surface area contributed by atoms with Gasteiger partial charge in [0.25, 0.3) is 0 Å². The first-order valence-corrected chi connectivity index (χ1v) is 6.14. The number of aliphatic hydroxyl groups excluding tert-OH is 2. The van der Waals surface area contributed by atoms with E-state index in [1.807, 2.05) is 0 Å². The van der Waals surface area contributed by atoms with Crippen molar-refractivity contribution in [2.24, 2.45) is 5.16 Å². The summed E-state index contributed by atoms with van der Waals surface area (Å²) in [6.45, 7) is 0.191. The largest absolute Gasteiger partial charge is 0.394 e. The minimum Gasteiger partial charge on any atom is -0.394 e. The van der Waals surface area contributed by atoms with Crippen molar-refractivity contribution in [2.75, 3.05) is 13.2 Å². The third-order valence-corrected chi connectivity index (χ3v) is 3.37. The zero-order valence-electron chi connectivity index (χ0n) is 10.2. The summed E-state index contributed by atoms with van der Waals surface area (Å²) in [5.41, 5.74) is 0.858. The summed E-state index contributed by atoms with van der Waals surface area (Å²) in [7, 11) is 0. The molecule has 3 rings (SSSR count). The fraction of sp³-hybridized carbons (Fsp3) is 0.636. The Morgan fingerprint density at radius 2 is 2.42 bits per heavy atom. The van der Waals surface area contributed by atoms with Gasteiger partial charge >= 0.3 is 6.03 Å². The number of nitrogens with zero attached hydrogens (tertiary/aromatic N) is 2. The first kappa shape index (κ1) is 12.4. The smallest absolute Gasteiger partial charge is 0.329 e. The molecule has 3 heterocycles. The average Bonchev–Trinajstić information content (AvgIpc) is 2.79. The number of nitrogens with one attached hydrogen (secondary N) is 1. The van der Waals surface area contributed by atoms with Crippen molar-refractivity contribution < 1.29 is 24.6 Å². The Hall–Kier alpha value is -1.64. The van der Waals surface area contributed by atoms with Crippen molar-refractivity contribution in [3.05, 3.63) is 11.8 Å². The van der Waals surface area contributed by atoms with Crippen molar-refractivity contribution in [3.8, 4) is 0 Å². The van der Waals surface area contributed by atoms with Crippen LogP contribution in [0.25, 0.3) is 0 Å². The van der Waals surface area contributed by atoms with Gasteiger partial charge < -0.3 is 19.8 Å². The molecular weight excluding hydrogens is 254 g/mol. The lowest BCUT2D eigenvalue weighted by Gasteiger charge is -2.31. The Morgan fingerprint density at radius 1 is 1.58 bits per heavy atom. The quantitative estimate of drug-likeness (QED) is 0.602. The number of urea groups is 1. The van der Waals surface area contributed by atoms with E-state index in [9.17, 15) is 9.90 Å². The summed E-state index contributed by atoms with van der Waals surface area (Å²) in [5, 5.41) is 25.1. The van der Waals surface area contributed by atoms with Gasteiger partial charge in [-0.05, 0) is 0 Å². The zero-order valence-corrected chi connectivity index (χ0v) is 10.2. The minimum absolute atomic E-state index is 0.269. The van der Waals surface area contributed by atoms with Crippen LogP contribution < -0.4 is 5.32 Å². The summed E-state index contributed by atoms with van der Waals surface area (Å²) < 4.78 is 5.46. The third kappa shape index (κ3) is 2.18. The summed E-state index contributed by atoms with van der Waals surface area (Å²) in [4.78, 5) is 18.2. The van der Waals surface area contributed by atoms with E-state index in [4.69, 9.17) is 14.7 Å². The highest BCUT2D eigenvalue weighted by atomic mass is 16.6. The van der Waals surface area contributed by atoms with Crippen LogP contribution in [0.2, 0.25) is 0 Å². The number of carbonyl (C=O) groups is 1. The second kappa shape index (κ2) is 4.80. The van der Waals surface area contributed by atoms with E-state index >= 15 is 0 Å². The molecule has 3 aliphatic heterocycles. The number of fused-ring (bicyclic) bond motifs is 1. The molecule has 0 saturated carbocycles. The summed E-state index contributed by atoms with van der Waals surface area (Å²) in [6, 6.07) is -0.385. The Kier molecular flexibility index (Phi) is 3.13. The first-order chi connectivity index (χ1) is 9.19. The van der Waals surface area contributed by atoms with Crippen LogP contribution in [0.5, 0.6) is 0 Å². The maximum atomic E-state index is 11.9. The number of ether oxygens (including phenoxy) is 1. The Bertz CT molecular complexity index is 450. The molecule has 1 saturated heterocycles. The van der Waals surface area contributed by atoms with Gasteiger partial charge in [0.1, 0.15) is 18.9 Å². The number of carbonyl (C=O) groups excluding carboxylic acids is 1. The zero-order chi connectivity index (χ0) is 13.4. The molecule has 8 nitrogen and oxygen atoms in total. The lowest BCUT2D eigenvalue weighted by atomic mass is 10.1. The molecule has 0 spiro atoms. The van der Waals surface area contributed by atoms with E-state index < -0.39 is 18.4 Å². The van der Waals surface area contributed by atoms with Crippen molar-refractivity contribution >= 4 is 11.9 Å². The number of hydrogen-bond acceptors (Lipinski definition) is 6. The lowest BCUT2D eigenvalue weighted by Crippen LogP contribution is -2.50. The van der Waals surface area contributed by atoms with Crippen LogP contribution in [0, 0.1) is 0 Å². The number of aliphatic hydroxyl groups is 2. The Balaban J connectivity index is 1.80. The number of rotatable bonds is 2. The van der Waals surface area contributed by atoms with Crippen molar-refractivity contribution in [1.29, 1.82) is 0 Å². The molecular formula is C11H15N3O5. The molecule has 0 bridgehead atoms. The SMILES string of the molecule is O=C1NC2=NOCCC2=CN1C1C[C@@H](O)C(CO)O1. The third-order valence-electron chi connectivity index (χ3n) is 3.37. The van der Waals surface area contributed by atoms with Gasteiger partial charge in [-0.2, -0.15) is 0 Å². The van der Waals surface area contributed by atoms with Crippen molar-refractivity contribution in [3.63, 3.8) is 0 Å².